The van der Waals surface area contributed by atoms with E-state index in [0.29, 0.717) is 30.3 Å². The highest BCUT2D eigenvalue weighted by Gasteiger charge is 2.69. The van der Waals surface area contributed by atoms with Crippen LogP contribution in [0.5, 0.6) is 5.75 Å². The summed E-state index contributed by atoms with van der Waals surface area (Å²) in [6.45, 7) is 0. The Morgan fingerprint density at radius 2 is 1.28 bits per heavy atom. The van der Waals surface area contributed by atoms with Crippen molar-refractivity contribution in [1.29, 1.82) is 0 Å². The van der Waals surface area contributed by atoms with Gasteiger partial charge in [-0.15, -0.1) is 13.2 Å². The molecular formula is C18H11F9O2. The fourth-order valence-corrected chi connectivity index (χ4v) is 2.30. The van der Waals surface area contributed by atoms with E-state index in [0.717, 1.165) is 24.3 Å². The summed E-state index contributed by atoms with van der Waals surface area (Å²) < 4.78 is 120. The molecule has 1 unspecified atom stereocenters. The number of aliphatic hydroxyl groups is 1. The molecular weight excluding hydrogens is 419 g/mol. The molecule has 2 rings (SSSR count). The quantitative estimate of drug-likeness (QED) is 0.606. The number of alkyl halides is 8. The number of ether oxygens (including phenoxy) is 1. The van der Waals surface area contributed by atoms with Crippen molar-refractivity contribution < 1.29 is 49.4 Å². The Hall–Kier alpha value is -2.69. The molecule has 0 amide bonds. The van der Waals surface area contributed by atoms with Gasteiger partial charge in [0.15, 0.2) is 5.60 Å². The summed E-state index contributed by atoms with van der Waals surface area (Å²) in [5.41, 5.74) is -5.04. The zero-order valence-electron chi connectivity index (χ0n) is 14.0. The highest BCUT2D eigenvalue weighted by atomic mass is 19.4. The van der Waals surface area contributed by atoms with E-state index in [1.807, 2.05) is 0 Å². The molecule has 1 N–H and O–H groups in total. The van der Waals surface area contributed by atoms with E-state index in [9.17, 15) is 44.6 Å². The van der Waals surface area contributed by atoms with E-state index < -0.39 is 41.2 Å². The Bertz CT molecular complexity index is 853. The number of halogens is 9. The first-order valence-electron chi connectivity index (χ1n) is 7.64. The SMILES string of the molecule is OC(/C=C/c1ccc(F)cc1)(c1ccc(OC(F)(F)F)cc1)C(F)(F)C(F)(F)F. The van der Waals surface area contributed by atoms with Crippen LogP contribution in [0.3, 0.4) is 0 Å². The minimum absolute atomic E-state index is 0.0141. The largest absolute Gasteiger partial charge is 0.573 e. The maximum atomic E-state index is 14.1. The number of hydrogen-bond donors (Lipinski definition) is 1. The highest BCUT2D eigenvalue weighted by Crippen LogP contribution is 2.49. The lowest BCUT2D eigenvalue weighted by Crippen LogP contribution is -2.53. The van der Waals surface area contributed by atoms with Crippen LogP contribution in [0.15, 0.2) is 54.6 Å². The van der Waals surface area contributed by atoms with Gasteiger partial charge in [0.1, 0.15) is 11.6 Å². The van der Waals surface area contributed by atoms with Crippen molar-refractivity contribution in [2.75, 3.05) is 0 Å². The van der Waals surface area contributed by atoms with Gasteiger partial charge in [0.25, 0.3) is 0 Å². The molecule has 2 aromatic rings. The van der Waals surface area contributed by atoms with Gasteiger partial charge in [-0.2, -0.15) is 22.0 Å². The maximum Gasteiger partial charge on any atom is 0.573 e. The highest BCUT2D eigenvalue weighted by molar-refractivity contribution is 5.52. The molecule has 0 fully saturated rings. The molecule has 29 heavy (non-hydrogen) atoms. The third-order valence-corrected chi connectivity index (χ3v) is 3.75. The van der Waals surface area contributed by atoms with Crippen molar-refractivity contribution in [3.63, 3.8) is 0 Å². The van der Waals surface area contributed by atoms with Crippen molar-refractivity contribution in [3.05, 3.63) is 71.6 Å². The summed E-state index contributed by atoms with van der Waals surface area (Å²) in [6, 6.07) is 5.76. The molecule has 0 aliphatic rings. The number of hydrogen-bond acceptors (Lipinski definition) is 2. The first-order valence-corrected chi connectivity index (χ1v) is 7.64. The molecule has 0 saturated carbocycles. The zero-order chi connectivity index (χ0) is 22.1. The van der Waals surface area contributed by atoms with Crippen LogP contribution in [0.25, 0.3) is 6.08 Å². The van der Waals surface area contributed by atoms with E-state index in [1.54, 1.807) is 0 Å². The second kappa shape index (κ2) is 7.62. The number of benzene rings is 2. The molecule has 0 heterocycles. The average molecular weight is 430 g/mol. The summed E-state index contributed by atoms with van der Waals surface area (Å²) in [4.78, 5) is 0. The molecule has 0 bridgehead atoms. The van der Waals surface area contributed by atoms with Gasteiger partial charge >= 0.3 is 18.5 Å². The van der Waals surface area contributed by atoms with Crippen LogP contribution in [0.4, 0.5) is 39.5 Å². The molecule has 0 spiro atoms. The van der Waals surface area contributed by atoms with Crippen molar-refractivity contribution in [1.82, 2.24) is 0 Å². The van der Waals surface area contributed by atoms with Crippen LogP contribution >= 0.6 is 0 Å². The van der Waals surface area contributed by atoms with Gasteiger partial charge in [-0.05, 0) is 41.5 Å². The Balaban J connectivity index is 2.51. The minimum Gasteiger partial charge on any atom is -0.406 e. The molecule has 0 radical (unpaired) electrons. The second-order valence-corrected chi connectivity index (χ2v) is 5.80. The van der Waals surface area contributed by atoms with Crippen LogP contribution < -0.4 is 4.74 Å². The van der Waals surface area contributed by atoms with E-state index in [1.165, 1.54) is 0 Å². The predicted octanol–water partition coefficient (Wildman–Crippen LogP) is 5.82. The Kier molecular flexibility index (Phi) is 5.94. The summed E-state index contributed by atoms with van der Waals surface area (Å²) in [6.07, 6.45) is -10.5. The lowest BCUT2D eigenvalue weighted by Gasteiger charge is -2.35. The minimum atomic E-state index is -6.20. The van der Waals surface area contributed by atoms with Crippen molar-refractivity contribution >= 4 is 6.08 Å². The molecule has 1 atom stereocenters. The molecule has 11 heteroatoms. The lowest BCUT2D eigenvalue weighted by molar-refractivity contribution is -0.334. The fourth-order valence-electron chi connectivity index (χ4n) is 2.30. The van der Waals surface area contributed by atoms with Gasteiger partial charge < -0.3 is 9.84 Å². The van der Waals surface area contributed by atoms with Crippen LogP contribution in [0.2, 0.25) is 0 Å². The molecule has 0 aliphatic carbocycles. The summed E-state index contributed by atoms with van der Waals surface area (Å²) in [5.74, 6) is -7.30. The molecule has 0 saturated heterocycles. The zero-order valence-corrected chi connectivity index (χ0v) is 14.0. The van der Waals surface area contributed by atoms with Gasteiger partial charge in [0.2, 0.25) is 0 Å². The molecule has 2 aromatic carbocycles. The summed E-state index contributed by atoms with van der Waals surface area (Å²) in [7, 11) is 0. The van der Waals surface area contributed by atoms with Gasteiger partial charge in [0.05, 0.1) is 0 Å². The maximum absolute atomic E-state index is 14.1. The standard InChI is InChI=1S/C18H11F9O2/c19-13-5-1-11(2-6-13)9-10-15(28,16(20,21)17(22,23)24)12-3-7-14(8-4-12)29-18(25,26)27/h1-10,28H/b10-9+. The summed E-state index contributed by atoms with van der Waals surface area (Å²) in [5, 5.41) is 10.3. The van der Waals surface area contributed by atoms with Gasteiger partial charge in [-0.25, -0.2) is 4.39 Å². The second-order valence-electron chi connectivity index (χ2n) is 5.80. The third-order valence-electron chi connectivity index (χ3n) is 3.75. The fraction of sp³-hybridized carbons (Fsp3) is 0.222. The third kappa shape index (κ3) is 5.03. The Morgan fingerprint density at radius 1 is 0.759 bits per heavy atom. The lowest BCUT2D eigenvalue weighted by atomic mass is 9.85. The normalized spacial score (nSPS) is 15.4. The molecule has 0 aromatic heterocycles. The molecule has 158 valence electrons. The Labute approximate surface area is 157 Å². The first-order chi connectivity index (χ1) is 13.2. The Morgan fingerprint density at radius 3 is 1.72 bits per heavy atom. The predicted molar refractivity (Wildman–Crippen MR) is 83.5 cm³/mol. The topological polar surface area (TPSA) is 29.5 Å². The van der Waals surface area contributed by atoms with Crippen LogP contribution in [-0.2, 0) is 5.60 Å². The van der Waals surface area contributed by atoms with E-state index in [2.05, 4.69) is 4.74 Å². The van der Waals surface area contributed by atoms with Crippen molar-refractivity contribution in [3.8, 4) is 5.75 Å². The van der Waals surface area contributed by atoms with E-state index in [4.69, 9.17) is 0 Å². The summed E-state index contributed by atoms with van der Waals surface area (Å²) >= 11 is 0. The van der Waals surface area contributed by atoms with Crippen LogP contribution in [0, 0.1) is 5.82 Å². The van der Waals surface area contributed by atoms with Gasteiger partial charge in [-0.1, -0.05) is 30.3 Å². The smallest absolute Gasteiger partial charge is 0.406 e. The first kappa shape index (κ1) is 22.6. The van der Waals surface area contributed by atoms with Crippen LogP contribution in [-0.4, -0.2) is 23.6 Å². The van der Waals surface area contributed by atoms with Crippen molar-refractivity contribution in [2.24, 2.45) is 0 Å². The average Bonchev–Trinajstić information content (AvgIpc) is 2.59. The van der Waals surface area contributed by atoms with Gasteiger partial charge in [0, 0.05) is 0 Å². The van der Waals surface area contributed by atoms with E-state index >= 15 is 0 Å². The molecule has 0 aliphatic heterocycles. The van der Waals surface area contributed by atoms with Crippen LogP contribution in [0.1, 0.15) is 11.1 Å². The number of rotatable bonds is 5. The van der Waals surface area contributed by atoms with E-state index in [-0.39, 0.29) is 11.6 Å². The monoisotopic (exact) mass is 430 g/mol. The molecule has 2 nitrogen and oxygen atoms in total. The van der Waals surface area contributed by atoms with Crippen molar-refractivity contribution in [2.45, 2.75) is 24.1 Å². The van der Waals surface area contributed by atoms with Gasteiger partial charge in [-0.3, -0.25) is 0 Å².